The number of piperazine rings is 1. The van der Waals surface area contributed by atoms with Gasteiger partial charge >= 0.3 is 0 Å². The average molecular weight is 355 g/mol. The minimum atomic E-state index is -0.0798. The molecular weight excluding hydrogens is 330 g/mol. The second kappa shape index (κ2) is 6.76. The lowest BCUT2D eigenvalue weighted by atomic mass is 10.0. The van der Waals surface area contributed by atoms with Gasteiger partial charge in [-0.2, -0.15) is 0 Å². The maximum absolute atomic E-state index is 13.0. The molecule has 6 nitrogen and oxygen atoms in total. The van der Waals surface area contributed by atoms with Crippen LogP contribution in [-0.4, -0.2) is 60.4 Å². The number of carbonyl (C=O) groups is 2. The molecule has 2 aromatic rings. The van der Waals surface area contributed by atoms with Gasteiger partial charge in [-0.3, -0.25) is 9.59 Å². The number of amides is 2. The van der Waals surface area contributed by atoms with E-state index in [-0.39, 0.29) is 17.9 Å². The summed E-state index contributed by atoms with van der Waals surface area (Å²) < 4.78 is 5.84. The molecule has 0 spiro atoms. The summed E-state index contributed by atoms with van der Waals surface area (Å²) >= 11 is 0. The Morgan fingerprint density at radius 2 is 2.00 bits per heavy atom. The molecule has 1 aromatic heterocycles. The van der Waals surface area contributed by atoms with Crippen molar-refractivity contribution in [3.8, 4) is 0 Å². The summed E-state index contributed by atoms with van der Waals surface area (Å²) in [6.07, 6.45) is 1.86. The van der Waals surface area contributed by atoms with E-state index in [0.29, 0.717) is 31.9 Å². The SMILES string of the molecule is Cc1cc2cc(C(=O)N3CCCC(N4CCNCC4=O)C3)oc2cc1C. The molecule has 0 saturated carbocycles. The van der Waals surface area contributed by atoms with E-state index in [9.17, 15) is 9.59 Å². The summed E-state index contributed by atoms with van der Waals surface area (Å²) in [5.41, 5.74) is 3.09. The quantitative estimate of drug-likeness (QED) is 0.896. The van der Waals surface area contributed by atoms with Gasteiger partial charge in [-0.05, 0) is 56.0 Å². The number of rotatable bonds is 2. The smallest absolute Gasteiger partial charge is 0.289 e. The molecule has 1 atom stereocenters. The van der Waals surface area contributed by atoms with Gasteiger partial charge in [0.2, 0.25) is 5.91 Å². The molecule has 0 radical (unpaired) electrons. The molecule has 2 saturated heterocycles. The predicted molar refractivity (Wildman–Crippen MR) is 99.2 cm³/mol. The zero-order valence-electron chi connectivity index (χ0n) is 15.4. The minimum Gasteiger partial charge on any atom is -0.451 e. The standard InChI is InChI=1S/C20H25N3O3/c1-13-8-15-10-18(26-17(15)9-14(13)2)20(25)22-6-3-4-16(12-22)23-7-5-21-11-19(23)24/h8-10,16,21H,3-7,11-12H2,1-2H3. The first-order chi connectivity index (χ1) is 12.5. The van der Waals surface area contributed by atoms with Gasteiger partial charge in [-0.25, -0.2) is 0 Å². The van der Waals surface area contributed by atoms with Crippen molar-refractivity contribution in [2.45, 2.75) is 32.7 Å². The summed E-state index contributed by atoms with van der Waals surface area (Å²) in [6, 6.07) is 5.99. The van der Waals surface area contributed by atoms with Crippen LogP contribution in [0.25, 0.3) is 11.0 Å². The highest BCUT2D eigenvalue weighted by Gasteiger charge is 2.32. The maximum Gasteiger partial charge on any atom is 0.289 e. The largest absolute Gasteiger partial charge is 0.451 e. The van der Waals surface area contributed by atoms with Crippen molar-refractivity contribution in [1.29, 1.82) is 0 Å². The highest BCUT2D eigenvalue weighted by atomic mass is 16.3. The van der Waals surface area contributed by atoms with Crippen LogP contribution in [0.1, 0.15) is 34.5 Å². The predicted octanol–water partition coefficient (Wildman–Crippen LogP) is 2.09. The average Bonchev–Trinajstić information content (AvgIpc) is 3.04. The van der Waals surface area contributed by atoms with E-state index in [4.69, 9.17) is 4.42 Å². The molecule has 1 N–H and O–H groups in total. The normalized spacial score (nSPS) is 21.5. The molecule has 6 heteroatoms. The van der Waals surface area contributed by atoms with E-state index in [1.165, 1.54) is 5.56 Å². The Bertz CT molecular complexity index is 818. The van der Waals surface area contributed by atoms with Crippen LogP contribution in [-0.2, 0) is 4.79 Å². The van der Waals surface area contributed by atoms with Crippen LogP contribution in [0.3, 0.4) is 0 Å². The first-order valence-corrected chi connectivity index (χ1v) is 9.33. The third-order valence-corrected chi connectivity index (χ3v) is 5.59. The molecule has 2 aliphatic rings. The Labute approximate surface area is 153 Å². The molecule has 138 valence electrons. The van der Waals surface area contributed by atoms with Crippen LogP contribution in [0, 0.1) is 13.8 Å². The number of fused-ring (bicyclic) bond motifs is 1. The zero-order valence-corrected chi connectivity index (χ0v) is 15.4. The summed E-state index contributed by atoms with van der Waals surface area (Å²) in [5, 5.41) is 4.06. The second-order valence-electron chi connectivity index (χ2n) is 7.40. The Hall–Kier alpha value is -2.34. The molecule has 0 aliphatic carbocycles. The molecule has 2 aliphatic heterocycles. The Morgan fingerprint density at radius 1 is 1.19 bits per heavy atom. The van der Waals surface area contributed by atoms with Crippen molar-refractivity contribution in [2.24, 2.45) is 0 Å². The van der Waals surface area contributed by atoms with Crippen LogP contribution >= 0.6 is 0 Å². The Morgan fingerprint density at radius 3 is 2.81 bits per heavy atom. The van der Waals surface area contributed by atoms with Gasteiger partial charge in [-0.15, -0.1) is 0 Å². The first kappa shape index (κ1) is 17.1. The van der Waals surface area contributed by atoms with Gasteiger partial charge < -0.3 is 19.5 Å². The number of piperidine rings is 1. The van der Waals surface area contributed by atoms with Gasteiger partial charge in [0.15, 0.2) is 5.76 Å². The molecule has 0 bridgehead atoms. The fraction of sp³-hybridized carbons (Fsp3) is 0.500. The zero-order chi connectivity index (χ0) is 18.3. The molecule has 2 fully saturated rings. The van der Waals surface area contributed by atoms with Crippen molar-refractivity contribution in [3.05, 3.63) is 35.1 Å². The van der Waals surface area contributed by atoms with Crippen molar-refractivity contribution in [3.63, 3.8) is 0 Å². The van der Waals surface area contributed by atoms with E-state index >= 15 is 0 Å². The van der Waals surface area contributed by atoms with Crippen LogP contribution in [0.4, 0.5) is 0 Å². The fourth-order valence-electron chi connectivity index (χ4n) is 3.96. The molecule has 26 heavy (non-hydrogen) atoms. The van der Waals surface area contributed by atoms with Crippen molar-refractivity contribution in [1.82, 2.24) is 15.1 Å². The van der Waals surface area contributed by atoms with Crippen molar-refractivity contribution >= 4 is 22.8 Å². The number of benzene rings is 1. The molecule has 1 aromatic carbocycles. The number of nitrogens with one attached hydrogen (secondary N) is 1. The van der Waals surface area contributed by atoms with Gasteiger partial charge in [0.1, 0.15) is 5.58 Å². The van der Waals surface area contributed by atoms with Gasteiger partial charge in [-0.1, -0.05) is 0 Å². The lowest BCUT2D eigenvalue weighted by molar-refractivity contribution is -0.135. The van der Waals surface area contributed by atoms with Crippen LogP contribution in [0.2, 0.25) is 0 Å². The van der Waals surface area contributed by atoms with E-state index in [1.54, 1.807) is 0 Å². The van der Waals surface area contributed by atoms with Gasteiger partial charge in [0.05, 0.1) is 6.54 Å². The number of hydrogen-bond donors (Lipinski definition) is 1. The van der Waals surface area contributed by atoms with Gasteiger partial charge in [0.25, 0.3) is 5.91 Å². The summed E-state index contributed by atoms with van der Waals surface area (Å²) in [4.78, 5) is 28.9. The van der Waals surface area contributed by atoms with E-state index < -0.39 is 0 Å². The van der Waals surface area contributed by atoms with Crippen LogP contribution in [0.5, 0.6) is 0 Å². The Kier molecular flexibility index (Phi) is 4.44. The molecule has 4 rings (SSSR count). The lowest BCUT2D eigenvalue weighted by Crippen LogP contribution is -2.57. The first-order valence-electron chi connectivity index (χ1n) is 9.33. The summed E-state index contributed by atoms with van der Waals surface area (Å²) in [5.74, 6) is 0.436. The highest BCUT2D eigenvalue weighted by molar-refractivity contribution is 5.96. The Balaban J connectivity index is 1.53. The number of furan rings is 1. The van der Waals surface area contributed by atoms with Gasteiger partial charge in [0, 0.05) is 37.6 Å². The molecular formula is C20H25N3O3. The highest BCUT2D eigenvalue weighted by Crippen LogP contribution is 2.25. The third kappa shape index (κ3) is 3.09. The molecule has 2 amide bonds. The topological polar surface area (TPSA) is 65.8 Å². The molecule has 3 heterocycles. The van der Waals surface area contributed by atoms with E-state index in [0.717, 1.165) is 35.9 Å². The summed E-state index contributed by atoms with van der Waals surface area (Å²) in [6.45, 7) is 7.33. The monoisotopic (exact) mass is 355 g/mol. The van der Waals surface area contributed by atoms with E-state index in [1.807, 2.05) is 28.9 Å². The minimum absolute atomic E-state index is 0.0798. The van der Waals surface area contributed by atoms with Crippen molar-refractivity contribution < 1.29 is 14.0 Å². The van der Waals surface area contributed by atoms with Crippen LogP contribution < -0.4 is 5.32 Å². The number of carbonyl (C=O) groups excluding carboxylic acids is 2. The van der Waals surface area contributed by atoms with E-state index in [2.05, 4.69) is 18.3 Å². The summed E-state index contributed by atoms with van der Waals surface area (Å²) in [7, 11) is 0. The number of nitrogens with zero attached hydrogens (tertiary/aromatic N) is 2. The maximum atomic E-state index is 13.0. The second-order valence-corrected chi connectivity index (χ2v) is 7.40. The number of aryl methyl sites for hydroxylation is 2. The van der Waals surface area contributed by atoms with Crippen LogP contribution in [0.15, 0.2) is 22.6 Å². The third-order valence-electron chi connectivity index (χ3n) is 5.59. The lowest BCUT2D eigenvalue weighted by Gasteiger charge is -2.40. The number of likely N-dealkylation sites (tertiary alicyclic amines) is 1. The van der Waals surface area contributed by atoms with Crippen molar-refractivity contribution in [2.75, 3.05) is 32.7 Å². The number of hydrogen-bond acceptors (Lipinski definition) is 4. The molecule has 1 unspecified atom stereocenters. The fourth-order valence-corrected chi connectivity index (χ4v) is 3.96.